The maximum Gasteiger partial charge on any atom is 0.326 e. The van der Waals surface area contributed by atoms with E-state index in [-0.39, 0.29) is 5.92 Å². The number of amides is 1. The minimum Gasteiger partial charge on any atom is -0.480 e. The summed E-state index contributed by atoms with van der Waals surface area (Å²) in [6.07, 6.45) is 1.77. The van der Waals surface area contributed by atoms with Crippen molar-refractivity contribution in [2.24, 2.45) is 5.92 Å². The first kappa shape index (κ1) is 11.7. The van der Waals surface area contributed by atoms with Crippen molar-refractivity contribution in [1.29, 1.82) is 0 Å². The largest absolute Gasteiger partial charge is 0.480 e. The van der Waals surface area contributed by atoms with Gasteiger partial charge in [-0.2, -0.15) is 0 Å². The summed E-state index contributed by atoms with van der Waals surface area (Å²) in [5.74, 6) is -1.54. The van der Waals surface area contributed by atoms with Crippen molar-refractivity contribution < 1.29 is 14.7 Å². The van der Waals surface area contributed by atoms with Crippen LogP contribution in [0.2, 0.25) is 0 Å². The standard InChI is InChI=1S/C9H15NO3/c1-4-6(3)8(9(12)13)10-7(11)5-2/h5-6,8H,2,4H2,1,3H3,(H,10,11)(H,12,13)/t6-,8-/m0/s1. The summed E-state index contributed by atoms with van der Waals surface area (Å²) >= 11 is 0. The SMILES string of the molecule is C=CC(=O)N[C@H](C(=O)O)[C@@H](C)CC. The summed E-state index contributed by atoms with van der Waals surface area (Å²) in [6.45, 7) is 6.91. The molecule has 0 spiro atoms. The Morgan fingerprint density at radius 3 is 2.46 bits per heavy atom. The molecule has 0 saturated heterocycles. The molecule has 74 valence electrons. The number of carboxylic acid groups (broad SMARTS) is 1. The van der Waals surface area contributed by atoms with Gasteiger partial charge in [-0.1, -0.05) is 26.8 Å². The van der Waals surface area contributed by atoms with Gasteiger partial charge in [0.1, 0.15) is 6.04 Å². The highest BCUT2D eigenvalue weighted by Gasteiger charge is 2.24. The molecule has 0 bridgehead atoms. The lowest BCUT2D eigenvalue weighted by molar-refractivity contribution is -0.142. The lowest BCUT2D eigenvalue weighted by Gasteiger charge is -2.18. The Morgan fingerprint density at radius 2 is 2.15 bits per heavy atom. The topological polar surface area (TPSA) is 66.4 Å². The number of rotatable bonds is 5. The predicted molar refractivity (Wildman–Crippen MR) is 49.2 cm³/mol. The highest BCUT2D eigenvalue weighted by molar-refractivity contribution is 5.90. The smallest absolute Gasteiger partial charge is 0.326 e. The quantitative estimate of drug-likeness (QED) is 0.622. The highest BCUT2D eigenvalue weighted by Crippen LogP contribution is 2.07. The molecule has 0 radical (unpaired) electrons. The third kappa shape index (κ3) is 3.73. The third-order valence-electron chi connectivity index (χ3n) is 1.96. The van der Waals surface area contributed by atoms with Gasteiger partial charge in [0.25, 0.3) is 0 Å². The first-order valence-electron chi connectivity index (χ1n) is 4.18. The normalized spacial score (nSPS) is 14.3. The molecule has 0 aliphatic carbocycles. The molecular weight excluding hydrogens is 170 g/mol. The van der Waals surface area contributed by atoms with Crippen LogP contribution in [0.15, 0.2) is 12.7 Å². The fourth-order valence-electron chi connectivity index (χ4n) is 0.895. The van der Waals surface area contributed by atoms with Gasteiger partial charge in [0, 0.05) is 0 Å². The minimum atomic E-state index is -1.01. The Bertz CT molecular complexity index is 213. The second-order valence-corrected chi connectivity index (χ2v) is 2.91. The molecule has 4 nitrogen and oxygen atoms in total. The van der Waals surface area contributed by atoms with E-state index in [0.29, 0.717) is 6.42 Å². The second kappa shape index (κ2) is 5.35. The van der Waals surface area contributed by atoms with Crippen molar-refractivity contribution >= 4 is 11.9 Å². The number of hydrogen-bond acceptors (Lipinski definition) is 2. The van der Waals surface area contributed by atoms with Gasteiger partial charge in [-0.25, -0.2) is 4.79 Å². The zero-order valence-corrected chi connectivity index (χ0v) is 7.91. The van der Waals surface area contributed by atoms with E-state index in [9.17, 15) is 9.59 Å². The van der Waals surface area contributed by atoms with Crippen LogP contribution in [0.1, 0.15) is 20.3 Å². The Balaban J connectivity index is 4.34. The van der Waals surface area contributed by atoms with Gasteiger partial charge in [0.15, 0.2) is 0 Å². The van der Waals surface area contributed by atoms with Crippen LogP contribution in [0.25, 0.3) is 0 Å². The van der Waals surface area contributed by atoms with Crippen molar-refractivity contribution in [3.8, 4) is 0 Å². The number of aliphatic carboxylic acids is 1. The van der Waals surface area contributed by atoms with Crippen molar-refractivity contribution in [3.05, 3.63) is 12.7 Å². The lowest BCUT2D eigenvalue weighted by Crippen LogP contribution is -2.44. The Kier molecular flexibility index (Phi) is 4.80. The maximum absolute atomic E-state index is 10.9. The molecule has 13 heavy (non-hydrogen) atoms. The minimum absolute atomic E-state index is 0.0820. The van der Waals surface area contributed by atoms with E-state index in [1.807, 2.05) is 6.92 Å². The fraction of sp³-hybridized carbons (Fsp3) is 0.556. The molecule has 0 aromatic carbocycles. The summed E-state index contributed by atoms with van der Waals surface area (Å²) in [7, 11) is 0. The molecule has 0 fully saturated rings. The fourth-order valence-corrected chi connectivity index (χ4v) is 0.895. The van der Waals surface area contributed by atoms with Crippen molar-refractivity contribution in [2.75, 3.05) is 0 Å². The van der Waals surface area contributed by atoms with Gasteiger partial charge >= 0.3 is 5.97 Å². The van der Waals surface area contributed by atoms with E-state index in [1.165, 1.54) is 0 Å². The zero-order valence-electron chi connectivity index (χ0n) is 7.91. The van der Waals surface area contributed by atoms with Gasteiger partial charge in [-0.3, -0.25) is 4.79 Å². The monoisotopic (exact) mass is 185 g/mol. The van der Waals surface area contributed by atoms with Crippen molar-refractivity contribution in [3.63, 3.8) is 0 Å². The van der Waals surface area contributed by atoms with E-state index < -0.39 is 17.9 Å². The van der Waals surface area contributed by atoms with Gasteiger partial charge in [-0.15, -0.1) is 0 Å². The molecule has 4 heteroatoms. The van der Waals surface area contributed by atoms with Crippen LogP contribution in [0.5, 0.6) is 0 Å². The average molecular weight is 185 g/mol. The number of carbonyl (C=O) groups is 2. The van der Waals surface area contributed by atoms with Crippen LogP contribution in [-0.4, -0.2) is 23.0 Å². The number of carbonyl (C=O) groups excluding carboxylic acids is 1. The molecule has 0 heterocycles. The Morgan fingerprint density at radius 1 is 1.62 bits per heavy atom. The van der Waals surface area contributed by atoms with E-state index in [4.69, 9.17) is 5.11 Å². The third-order valence-corrected chi connectivity index (χ3v) is 1.96. The van der Waals surface area contributed by atoms with Crippen molar-refractivity contribution in [1.82, 2.24) is 5.32 Å². The number of nitrogens with one attached hydrogen (secondary N) is 1. The molecule has 2 atom stereocenters. The Hall–Kier alpha value is -1.32. The van der Waals surface area contributed by atoms with Gasteiger partial charge < -0.3 is 10.4 Å². The van der Waals surface area contributed by atoms with E-state index in [0.717, 1.165) is 6.08 Å². The first-order chi connectivity index (χ1) is 6.02. The first-order valence-corrected chi connectivity index (χ1v) is 4.18. The van der Waals surface area contributed by atoms with Gasteiger partial charge in [-0.05, 0) is 12.0 Å². The van der Waals surface area contributed by atoms with E-state index >= 15 is 0 Å². The molecule has 0 aliphatic heterocycles. The lowest BCUT2D eigenvalue weighted by atomic mass is 9.99. The summed E-state index contributed by atoms with van der Waals surface area (Å²) in [5, 5.41) is 11.1. The summed E-state index contributed by atoms with van der Waals surface area (Å²) in [5.41, 5.74) is 0. The predicted octanol–water partition coefficient (Wildman–Crippen LogP) is 0.788. The highest BCUT2D eigenvalue weighted by atomic mass is 16.4. The number of carboxylic acids is 1. The van der Waals surface area contributed by atoms with Crippen LogP contribution in [0.4, 0.5) is 0 Å². The summed E-state index contributed by atoms with van der Waals surface area (Å²) < 4.78 is 0. The number of hydrogen-bond donors (Lipinski definition) is 2. The van der Waals surface area contributed by atoms with E-state index in [2.05, 4.69) is 11.9 Å². The molecule has 0 unspecified atom stereocenters. The van der Waals surface area contributed by atoms with Crippen LogP contribution < -0.4 is 5.32 Å². The van der Waals surface area contributed by atoms with Crippen LogP contribution in [0, 0.1) is 5.92 Å². The van der Waals surface area contributed by atoms with Crippen LogP contribution in [0.3, 0.4) is 0 Å². The zero-order chi connectivity index (χ0) is 10.4. The second-order valence-electron chi connectivity index (χ2n) is 2.91. The molecule has 0 aromatic heterocycles. The maximum atomic E-state index is 10.9. The Labute approximate surface area is 77.6 Å². The summed E-state index contributed by atoms with van der Waals surface area (Å²) in [6, 6.07) is -0.824. The summed E-state index contributed by atoms with van der Waals surface area (Å²) in [4.78, 5) is 21.6. The van der Waals surface area contributed by atoms with Crippen LogP contribution in [-0.2, 0) is 9.59 Å². The molecular formula is C9H15NO3. The molecule has 1 amide bonds. The van der Waals surface area contributed by atoms with Crippen LogP contribution >= 0.6 is 0 Å². The molecule has 0 saturated carbocycles. The van der Waals surface area contributed by atoms with E-state index in [1.54, 1.807) is 6.92 Å². The average Bonchev–Trinajstić information content (AvgIpc) is 2.11. The molecule has 2 N–H and O–H groups in total. The molecule has 0 rings (SSSR count). The van der Waals surface area contributed by atoms with Gasteiger partial charge in [0.05, 0.1) is 0 Å². The molecule has 0 aliphatic rings. The van der Waals surface area contributed by atoms with Gasteiger partial charge in [0.2, 0.25) is 5.91 Å². The molecule has 0 aromatic rings. The van der Waals surface area contributed by atoms with Crippen molar-refractivity contribution in [2.45, 2.75) is 26.3 Å².